The molecule has 11 atom stereocenters. The number of carbonyl (C=O) groups is 1. The SMILES string of the molecule is C=C[C@@H]1CC[C@]2(CNC(CN3CCS(=O)(=O)CC3)C(F)(F)F)CC[C@]3(C)[C@H](CC[C@@H]4[C@@]5(C)CC=C(C6=CC[C@](CF)(C(=O)O)CC6)C(C)(C)[C@@H]5CC[C@]43C)[C@@H]12. The molecule has 6 nitrogen and oxygen atoms in total. The zero-order valence-electron chi connectivity index (χ0n) is 33.9. The van der Waals surface area contributed by atoms with Gasteiger partial charge in [-0.3, -0.25) is 9.69 Å². The topological polar surface area (TPSA) is 86.7 Å². The minimum Gasteiger partial charge on any atom is -0.481 e. The molecule has 0 spiro atoms. The summed E-state index contributed by atoms with van der Waals surface area (Å²) in [6.45, 7) is 16.2. The van der Waals surface area contributed by atoms with Crippen molar-refractivity contribution < 1.29 is 35.9 Å². The number of hydrogen-bond acceptors (Lipinski definition) is 5. The molecule has 4 saturated carbocycles. The van der Waals surface area contributed by atoms with Gasteiger partial charge < -0.3 is 10.4 Å². The molecule has 0 radical (unpaired) electrons. The molecule has 0 aromatic rings. The molecule has 6 aliphatic carbocycles. The fourth-order valence-electron chi connectivity index (χ4n) is 14.8. The van der Waals surface area contributed by atoms with Crippen molar-refractivity contribution in [2.45, 2.75) is 124 Å². The average Bonchev–Trinajstić information content (AvgIpc) is 3.49. The number of alkyl halides is 4. The van der Waals surface area contributed by atoms with Gasteiger partial charge in [0.1, 0.15) is 12.7 Å². The normalized spacial score (nSPS) is 44.5. The van der Waals surface area contributed by atoms with Gasteiger partial charge in [-0.2, -0.15) is 13.2 Å². The lowest BCUT2D eigenvalue weighted by atomic mass is 9.32. The lowest BCUT2D eigenvalue weighted by Crippen LogP contribution is -2.66. The summed E-state index contributed by atoms with van der Waals surface area (Å²) >= 11 is 0. The van der Waals surface area contributed by atoms with Crippen LogP contribution < -0.4 is 5.32 Å². The number of carboxylic acids is 1. The maximum Gasteiger partial charge on any atom is 0.405 e. The Labute approximate surface area is 327 Å². The number of halogens is 4. The molecule has 1 heterocycles. The van der Waals surface area contributed by atoms with E-state index in [2.05, 4.69) is 58.7 Å². The molecule has 310 valence electrons. The largest absolute Gasteiger partial charge is 0.481 e. The molecule has 0 aromatic heterocycles. The smallest absolute Gasteiger partial charge is 0.405 e. The number of hydrogen-bond donors (Lipinski definition) is 2. The summed E-state index contributed by atoms with van der Waals surface area (Å²) in [5, 5.41) is 12.9. The van der Waals surface area contributed by atoms with E-state index in [9.17, 15) is 35.9 Å². The van der Waals surface area contributed by atoms with Crippen LogP contribution in [-0.4, -0.2) is 81.0 Å². The van der Waals surface area contributed by atoms with Gasteiger partial charge in [0.05, 0.1) is 16.9 Å². The predicted molar refractivity (Wildman–Crippen MR) is 209 cm³/mol. The average molecular weight is 795 g/mol. The maximum atomic E-state index is 14.6. The number of sulfone groups is 1. The number of rotatable bonds is 9. The van der Waals surface area contributed by atoms with Crippen LogP contribution in [0.3, 0.4) is 0 Å². The molecule has 1 aliphatic heterocycles. The number of fused-ring (bicyclic) bond motifs is 7. The van der Waals surface area contributed by atoms with Crippen molar-refractivity contribution in [2.75, 3.05) is 44.4 Å². The standard InChI is InChI=1S/C44H66F4N2O4S/c1-7-29-10-19-43(28-49-35(44(46,47)48)26-50-22-24-55(53,54)25-23-50)21-20-40(5)32(36(29)43)8-9-34-39(4)15-13-31(38(2,3)33(39)14-16-41(34,40)6)30-11-17-42(27-45,18-12-30)37(51)52/h7,11,13,29,32-36,49H,1,8-10,12,14-28H2,2-6H3,(H,51,52)/t29-,32-,33+,34-,35?,36-,39+,40-,41-,42+,43-/m1/s1. The summed E-state index contributed by atoms with van der Waals surface area (Å²) in [6, 6.07) is -1.71. The Morgan fingerprint density at radius 1 is 0.964 bits per heavy atom. The Kier molecular flexibility index (Phi) is 10.5. The molecule has 2 N–H and O–H groups in total. The minimum absolute atomic E-state index is 0.0406. The summed E-state index contributed by atoms with van der Waals surface area (Å²) < 4.78 is 81.7. The summed E-state index contributed by atoms with van der Waals surface area (Å²) in [5.74, 6) is 0.664. The van der Waals surface area contributed by atoms with Crippen LogP contribution in [0.2, 0.25) is 0 Å². The van der Waals surface area contributed by atoms with E-state index in [0.717, 1.165) is 57.8 Å². The fraction of sp³-hybridized carbons (Fsp3) is 0.841. The lowest BCUT2D eigenvalue weighted by molar-refractivity contribution is -0.227. The zero-order chi connectivity index (χ0) is 40.0. The second-order valence-corrected chi connectivity index (χ2v) is 22.9. The minimum atomic E-state index is -4.44. The first-order valence-corrected chi connectivity index (χ1v) is 23.0. The van der Waals surface area contributed by atoms with Crippen molar-refractivity contribution in [1.82, 2.24) is 10.2 Å². The van der Waals surface area contributed by atoms with Gasteiger partial charge in [0.25, 0.3) is 0 Å². The third-order valence-corrected chi connectivity index (χ3v) is 19.8. The lowest BCUT2D eigenvalue weighted by Gasteiger charge is -2.72. The molecule has 11 heteroatoms. The van der Waals surface area contributed by atoms with Gasteiger partial charge in [-0.25, -0.2) is 12.8 Å². The third kappa shape index (κ3) is 6.53. The molecular formula is C44H66F4N2O4S. The van der Waals surface area contributed by atoms with Crippen LogP contribution in [0.1, 0.15) is 112 Å². The second-order valence-electron chi connectivity index (χ2n) is 20.6. The number of carboxylic acid groups (broad SMARTS) is 1. The van der Waals surface area contributed by atoms with Crippen LogP contribution in [-0.2, 0) is 14.6 Å². The van der Waals surface area contributed by atoms with Gasteiger partial charge >= 0.3 is 12.1 Å². The summed E-state index contributed by atoms with van der Waals surface area (Å²) in [5.41, 5.74) is 1.06. The first-order valence-electron chi connectivity index (χ1n) is 21.2. The molecule has 0 amide bonds. The molecule has 0 bridgehead atoms. The Balaban J connectivity index is 1.13. The van der Waals surface area contributed by atoms with Crippen LogP contribution in [0, 0.1) is 62.1 Å². The van der Waals surface area contributed by atoms with Crippen molar-refractivity contribution in [3.63, 3.8) is 0 Å². The number of nitrogens with zero attached hydrogens (tertiary/aromatic N) is 1. The van der Waals surface area contributed by atoms with Gasteiger partial charge in [-0.1, -0.05) is 52.8 Å². The Bertz CT molecular complexity index is 1700. The molecule has 55 heavy (non-hydrogen) atoms. The van der Waals surface area contributed by atoms with Crippen molar-refractivity contribution in [1.29, 1.82) is 0 Å². The van der Waals surface area contributed by atoms with E-state index in [-0.39, 0.29) is 76.5 Å². The van der Waals surface area contributed by atoms with E-state index in [0.29, 0.717) is 37.1 Å². The van der Waals surface area contributed by atoms with E-state index in [1.807, 2.05) is 6.08 Å². The van der Waals surface area contributed by atoms with Gasteiger partial charge in [0.2, 0.25) is 0 Å². The van der Waals surface area contributed by atoms with Crippen LogP contribution in [0.4, 0.5) is 17.6 Å². The molecule has 7 aliphatic rings. The summed E-state index contributed by atoms with van der Waals surface area (Å²) in [6.07, 6.45) is 12.4. The van der Waals surface area contributed by atoms with E-state index in [1.54, 1.807) is 4.90 Å². The van der Waals surface area contributed by atoms with Gasteiger partial charge in [-0.15, -0.1) is 6.58 Å². The summed E-state index contributed by atoms with van der Waals surface area (Å²) in [7, 11) is -3.18. The molecule has 0 aromatic carbocycles. The quantitative estimate of drug-likeness (QED) is 0.179. The number of nitrogens with one attached hydrogen (secondary N) is 1. The van der Waals surface area contributed by atoms with Gasteiger partial charge in [0, 0.05) is 26.2 Å². The fourth-order valence-corrected chi connectivity index (χ4v) is 16.1. The molecule has 5 fully saturated rings. The van der Waals surface area contributed by atoms with E-state index in [1.165, 1.54) is 11.1 Å². The highest BCUT2D eigenvalue weighted by molar-refractivity contribution is 7.91. The van der Waals surface area contributed by atoms with Crippen LogP contribution in [0.15, 0.2) is 36.0 Å². The number of allylic oxidation sites excluding steroid dienone is 5. The van der Waals surface area contributed by atoms with Crippen molar-refractivity contribution in [2.24, 2.45) is 62.1 Å². The number of aliphatic carboxylic acids is 1. The third-order valence-electron chi connectivity index (χ3n) is 18.2. The van der Waals surface area contributed by atoms with E-state index < -0.39 is 40.1 Å². The monoisotopic (exact) mass is 794 g/mol. The maximum absolute atomic E-state index is 14.6. The van der Waals surface area contributed by atoms with Crippen molar-refractivity contribution >= 4 is 15.8 Å². The zero-order valence-corrected chi connectivity index (χ0v) is 34.7. The molecule has 1 unspecified atom stereocenters. The first kappa shape index (κ1) is 41.4. The van der Waals surface area contributed by atoms with Crippen LogP contribution >= 0.6 is 0 Å². The van der Waals surface area contributed by atoms with Crippen molar-refractivity contribution in [3.05, 3.63) is 36.0 Å². The first-order chi connectivity index (χ1) is 25.6. The molecule has 7 rings (SSSR count). The van der Waals surface area contributed by atoms with Crippen LogP contribution in [0.5, 0.6) is 0 Å². The highest BCUT2D eigenvalue weighted by Crippen LogP contribution is 2.77. The van der Waals surface area contributed by atoms with Gasteiger partial charge in [0.15, 0.2) is 9.84 Å². The molecular weight excluding hydrogens is 729 g/mol. The van der Waals surface area contributed by atoms with E-state index >= 15 is 0 Å². The Morgan fingerprint density at radius 3 is 2.27 bits per heavy atom. The highest BCUT2D eigenvalue weighted by Gasteiger charge is 2.70. The predicted octanol–water partition coefficient (Wildman–Crippen LogP) is 9.19. The second kappa shape index (κ2) is 13.9. The molecule has 1 saturated heterocycles. The van der Waals surface area contributed by atoms with Gasteiger partial charge in [-0.05, 0) is 145 Å². The van der Waals surface area contributed by atoms with E-state index in [4.69, 9.17) is 0 Å². The van der Waals surface area contributed by atoms with Crippen LogP contribution in [0.25, 0.3) is 0 Å². The Hall–Kier alpha value is -1.72. The summed E-state index contributed by atoms with van der Waals surface area (Å²) in [4.78, 5) is 13.6. The van der Waals surface area contributed by atoms with Crippen molar-refractivity contribution in [3.8, 4) is 0 Å². The highest BCUT2D eigenvalue weighted by atomic mass is 32.2. The Morgan fingerprint density at radius 2 is 1.67 bits per heavy atom.